The highest BCUT2D eigenvalue weighted by molar-refractivity contribution is 7.61. The molecule has 73 heavy (non-hydrogen) atoms. The van der Waals surface area contributed by atoms with Gasteiger partial charge in [-0.2, -0.15) is 9.29 Å². The van der Waals surface area contributed by atoms with Crippen molar-refractivity contribution in [3.8, 4) is 0 Å². The molecule has 1 aromatic rings. The molecule has 2 unspecified atom stereocenters. The molecule has 0 amide bonds. The van der Waals surface area contributed by atoms with Crippen LogP contribution in [0.25, 0.3) is 0 Å². The van der Waals surface area contributed by atoms with E-state index in [-0.39, 0.29) is 18.7 Å². The van der Waals surface area contributed by atoms with Crippen molar-refractivity contribution in [2.24, 2.45) is 0 Å². The summed E-state index contributed by atoms with van der Waals surface area (Å²) in [5, 5.41) is 31.1. The molecule has 1 aromatic heterocycles. The van der Waals surface area contributed by atoms with E-state index in [0.29, 0.717) is 32.1 Å². The maximum Gasteiger partial charge on any atom is 0.481 e. The smallest absolute Gasteiger partial charge is 0.462 e. The molecule has 0 saturated carbocycles. The number of hydrogen-bond acceptors (Lipinski definition) is 16. The zero-order valence-corrected chi connectivity index (χ0v) is 44.8. The fraction of sp³-hybridized carbons (Fsp3) is 0.654. The number of aliphatic hydroxyl groups is 3. The number of aliphatic hydroxyl groups excluding tert-OH is 3. The summed E-state index contributed by atoms with van der Waals surface area (Å²) in [5.41, 5.74) is 4.58. The summed E-state index contributed by atoms with van der Waals surface area (Å²) < 4.78 is 56.7. The number of ether oxygens (including phenoxy) is 3. The highest BCUT2D eigenvalue weighted by Gasteiger charge is 2.46. The molecular weight excluding hydrogens is 985 g/mol. The van der Waals surface area contributed by atoms with E-state index in [9.17, 15) is 48.6 Å². The van der Waals surface area contributed by atoms with Gasteiger partial charge in [0.25, 0.3) is 0 Å². The second-order valence-corrected chi connectivity index (χ2v) is 20.9. The molecule has 0 aromatic carbocycles. The number of rotatable bonds is 42. The number of anilines is 1. The van der Waals surface area contributed by atoms with Gasteiger partial charge in [0.1, 0.15) is 30.7 Å². The van der Waals surface area contributed by atoms with Gasteiger partial charge < -0.3 is 45.1 Å². The third-order valence-corrected chi connectivity index (χ3v) is 13.9. The van der Waals surface area contributed by atoms with Crippen molar-refractivity contribution in [1.82, 2.24) is 9.55 Å². The lowest BCUT2D eigenvalue weighted by atomic mass is 10.1. The van der Waals surface area contributed by atoms with E-state index in [1.807, 2.05) is 36.5 Å². The van der Waals surface area contributed by atoms with Crippen LogP contribution in [-0.4, -0.2) is 96.9 Å². The van der Waals surface area contributed by atoms with Crippen LogP contribution in [0.4, 0.5) is 5.82 Å². The van der Waals surface area contributed by atoms with Crippen LogP contribution in [0.5, 0.6) is 0 Å². The van der Waals surface area contributed by atoms with Crippen molar-refractivity contribution >= 4 is 33.4 Å². The van der Waals surface area contributed by atoms with Crippen LogP contribution in [-0.2, 0) is 46.3 Å². The molecule has 414 valence electrons. The first-order valence-electron chi connectivity index (χ1n) is 26.1. The molecule has 0 spiro atoms. The van der Waals surface area contributed by atoms with Gasteiger partial charge in [0.15, 0.2) is 12.3 Å². The predicted molar refractivity (Wildman–Crippen MR) is 281 cm³/mol. The topological polar surface area (TPSA) is 286 Å². The Bertz CT molecular complexity index is 2020. The van der Waals surface area contributed by atoms with E-state index in [4.69, 9.17) is 29.0 Å². The molecule has 19 nitrogen and oxygen atoms in total. The van der Waals surface area contributed by atoms with Crippen LogP contribution in [0.15, 0.2) is 90.0 Å². The number of allylic oxidation sites excluding steroid dienone is 10. The minimum Gasteiger partial charge on any atom is -0.462 e. The zero-order chi connectivity index (χ0) is 53.6. The first-order chi connectivity index (χ1) is 35.1. The predicted octanol–water partition coefficient (Wildman–Crippen LogP) is 9.86. The molecule has 0 bridgehead atoms. The zero-order valence-electron chi connectivity index (χ0n) is 43.0. The molecule has 1 fully saturated rings. The van der Waals surface area contributed by atoms with Crippen molar-refractivity contribution in [3.63, 3.8) is 0 Å². The Balaban J connectivity index is 1.84. The minimum atomic E-state index is -5.45. The SMILES string of the molecule is CCCCC/C=C\C=C/[C@H](O)C/C=C\C/C=C/CCCC(=O)O[C@H](COC(=O)CCCCCCCCC/C=C\C/C=C\CCCCC)COP(=O)(O)OP(=O)(O)OC[C@H]1O[C@@H](n2ccc(N)nc2=O)[C@H](O)[C@@H]1O. The molecule has 1 saturated heterocycles. The third kappa shape index (κ3) is 32.3. The molecule has 1 aliphatic rings. The third-order valence-electron chi connectivity index (χ3n) is 11.3. The van der Waals surface area contributed by atoms with Gasteiger partial charge in [0.2, 0.25) is 0 Å². The Morgan fingerprint density at radius 1 is 0.726 bits per heavy atom. The van der Waals surface area contributed by atoms with Gasteiger partial charge in [-0.1, -0.05) is 145 Å². The normalized spacial score (nSPS) is 20.0. The van der Waals surface area contributed by atoms with Crippen LogP contribution < -0.4 is 11.4 Å². The summed E-state index contributed by atoms with van der Waals surface area (Å²) in [4.78, 5) is 61.9. The molecule has 7 N–H and O–H groups in total. The molecule has 1 aliphatic heterocycles. The Kier molecular flexibility index (Phi) is 35.4. The van der Waals surface area contributed by atoms with Gasteiger partial charge in [0.05, 0.1) is 19.3 Å². The number of nitrogens with two attached hydrogens (primary N) is 1. The first-order valence-corrected chi connectivity index (χ1v) is 29.0. The lowest BCUT2D eigenvalue weighted by molar-refractivity contribution is -0.161. The van der Waals surface area contributed by atoms with E-state index in [2.05, 4.69) is 53.5 Å². The lowest BCUT2D eigenvalue weighted by Gasteiger charge is -2.21. The fourth-order valence-electron chi connectivity index (χ4n) is 7.24. The number of aromatic nitrogens is 2. The van der Waals surface area contributed by atoms with Crippen molar-refractivity contribution in [2.45, 2.75) is 198 Å². The van der Waals surface area contributed by atoms with Crippen molar-refractivity contribution < 1.29 is 71.4 Å². The number of hydrogen-bond donors (Lipinski definition) is 6. The van der Waals surface area contributed by atoms with Crippen molar-refractivity contribution in [1.29, 1.82) is 0 Å². The first kappa shape index (κ1) is 65.3. The van der Waals surface area contributed by atoms with Crippen LogP contribution in [0, 0.1) is 0 Å². The quantitative estimate of drug-likeness (QED) is 0.0117. The van der Waals surface area contributed by atoms with Gasteiger partial charge in [0, 0.05) is 19.0 Å². The molecular formula is C52H85N3O16P2. The monoisotopic (exact) mass is 1070 g/mol. The van der Waals surface area contributed by atoms with Gasteiger partial charge in [-0.05, 0) is 83.1 Å². The van der Waals surface area contributed by atoms with E-state index in [1.54, 1.807) is 6.08 Å². The molecule has 2 rings (SSSR count). The Labute approximate surface area is 432 Å². The molecule has 2 heterocycles. The van der Waals surface area contributed by atoms with Gasteiger partial charge >= 0.3 is 33.3 Å². The maximum atomic E-state index is 12.9. The average Bonchev–Trinajstić information content (AvgIpc) is 3.62. The van der Waals surface area contributed by atoms with Crippen LogP contribution in [0.3, 0.4) is 0 Å². The number of nitrogens with zero attached hydrogens (tertiary/aromatic N) is 2. The van der Waals surface area contributed by atoms with Crippen LogP contribution in [0.2, 0.25) is 0 Å². The maximum absolute atomic E-state index is 12.9. The molecule has 21 heteroatoms. The number of carbonyl (C=O) groups excluding carboxylic acids is 2. The van der Waals surface area contributed by atoms with Gasteiger partial charge in [-0.15, -0.1) is 0 Å². The largest absolute Gasteiger partial charge is 0.481 e. The minimum absolute atomic E-state index is 0.0646. The summed E-state index contributed by atoms with van der Waals surface area (Å²) in [7, 11) is -10.9. The fourth-order valence-corrected chi connectivity index (χ4v) is 9.35. The number of phosphoric acid groups is 2. The van der Waals surface area contributed by atoms with E-state index >= 15 is 0 Å². The number of phosphoric ester groups is 2. The highest BCUT2D eigenvalue weighted by Crippen LogP contribution is 2.60. The number of unbranched alkanes of at least 4 members (excludes halogenated alkanes) is 14. The highest BCUT2D eigenvalue weighted by atomic mass is 31.3. The number of nitrogen functional groups attached to an aromatic ring is 1. The number of esters is 2. The van der Waals surface area contributed by atoms with E-state index in [0.717, 1.165) is 81.4 Å². The van der Waals surface area contributed by atoms with Gasteiger partial charge in [-0.3, -0.25) is 23.2 Å². The standard InChI is InChI=1S/C52H85N3O16P2/c1-3-5-7-9-11-12-13-14-15-16-17-18-19-20-24-28-32-36-47(57)66-40-44(69-48(58)37-33-29-25-21-23-27-31-35-43(56)34-30-26-22-10-8-6-4-2)41-67-72(62,63)71-73(64,65)68-42-45-49(59)50(60)51(70-45)55-39-38-46(53)54-52(55)61/h11-12,14-15,21-22,25-27,30-31,34,38-39,43-45,49-51,56,59-60H,3-10,13,16-20,23-24,28-29,32-33,35-37,40-42H2,1-2H3,(H,62,63)(H,64,65)(H2,53,54,61)/b12-11-,15-14-,25-21+,26-22-,31-27-,34-30-/t43-,44+,45+,49+,50+,51+/m0/s1. The van der Waals surface area contributed by atoms with E-state index in [1.165, 1.54) is 38.2 Å². The van der Waals surface area contributed by atoms with Crippen molar-refractivity contribution in [3.05, 3.63) is 95.7 Å². The summed E-state index contributed by atoms with van der Waals surface area (Å²) >= 11 is 0. The second-order valence-electron chi connectivity index (χ2n) is 17.9. The molecule has 0 radical (unpaired) electrons. The van der Waals surface area contributed by atoms with Gasteiger partial charge in [-0.25, -0.2) is 13.9 Å². The van der Waals surface area contributed by atoms with Crippen LogP contribution in [0.1, 0.15) is 168 Å². The summed E-state index contributed by atoms with van der Waals surface area (Å²) in [6, 6.07) is 1.24. The summed E-state index contributed by atoms with van der Waals surface area (Å²) in [6.07, 6.45) is 37.1. The summed E-state index contributed by atoms with van der Waals surface area (Å²) in [5.74, 6) is -1.42. The molecule has 0 aliphatic carbocycles. The van der Waals surface area contributed by atoms with Crippen molar-refractivity contribution in [2.75, 3.05) is 25.6 Å². The van der Waals surface area contributed by atoms with E-state index < -0.39 is 89.8 Å². The second kappa shape index (κ2) is 39.6. The Hall–Kier alpha value is -3.84. The lowest BCUT2D eigenvalue weighted by Crippen LogP contribution is -2.36. The molecule has 8 atom stereocenters. The number of carbonyl (C=O) groups is 2. The Morgan fingerprint density at radius 2 is 1.29 bits per heavy atom. The average molecular weight is 1070 g/mol. The summed E-state index contributed by atoms with van der Waals surface area (Å²) in [6.45, 7) is 1.96. The van der Waals surface area contributed by atoms with Crippen LogP contribution >= 0.6 is 15.6 Å². The Morgan fingerprint density at radius 3 is 1.93 bits per heavy atom.